The molecule has 88 valence electrons. The van der Waals surface area contributed by atoms with Gasteiger partial charge < -0.3 is 10.1 Å². The van der Waals surface area contributed by atoms with Gasteiger partial charge in [0.05, 0.1) is 0 Å². The normalized spacial score (nSPS) is 10.2. The topological polar surface area (TPSA) is 21.3 Å². The monoisotopic (exact) mass is 219 g/mol. The van der Waals surface area contributed by atoms with Crippen molar-refractivity contribution < 1.29 is 4.74 Å². The van der Waals surface area contributed by atoms with Gasteiger partial charge in [-0.15, -0.1) is 6.58 Å². The molecule has 0 aliphatic rings. The van der Waals surface area contributed by atoms with Gasteiger partial charge in [0, 0.05) is 13.1 Å². The van der Waals surface area contributed by atoms with Crippen LogP contribution in [0, 0.1) is 20.8 Å². The fraction of sp³-hybridized carbons (Fsp3) is 0.429. The lowest BCUT2D eigenvalue weighted by molar-refractivity contribution is 0.314. The highest BCUT2D eigenvalue weighted by atomic mass is 16.5. The second kappa shape index (κ2) is 6.33. The van der Waals surface area contributed by atoms with Crippen molar-refractivity contribution in [2.75, 3.05) is 19.7 Å². The van der Waals surface area contributed by atoms with E-state index >= 15 is 0 Å². The van der Waals surface area contributed by atoms with E-state index in [9.17, 15) is 0 Å². The van der Waals surface area contributed by atoms with Crippen molar-refractivity contribution in [3.8, 4) is 5.75 Å². The second-order valence-electron chi connectivity index (χ2n) is 4.05. The number of nitrogens with one attached hydrogen (secondary N) is 1. The Balaban J connectivity index is 2.50. The lowest BCUT2D eigenvalue weighted by Crippen LogP contribution is -2.21. The molecule has 0 atom stereocenters. The van der Waals surface area contributed by atoms with Crippen molar-refractivity contribution >= 4 is 0 Å². The number of hydrogen-bond donors (Lipinski definition) is 1. The van der Waals surface area contributed by atoms with Crippen molar-refractivity contribution in [2.45, 2.75) is 20.8 Å². The summed E-state index contributed by atoms with van der Waals surface area (Å²) in [6.45, 7) is 12.3. The molecule has 1 aromatic carbocycles. The van der Waals surface area contributed by atoms with E-state index in [1.54, 1.807) is 0 Å². The first kappa shape index (κ1) is 12.8. The largest absolute Gasteiger partial charge is 0.492 e. The Labute approximate surface area is 98.3 Å². The zero-order valence-corrected chi connectivity index (χ0v) is 10.5. The molecule has 0 aliphatic heterocycles. The number of hydrogen-bond acceptors (Lipinski definition) is 2. The van der Waals surface area contributed by atoms with Gasteiger partial charge in [-0.25, -0.2) is 0 Å². The van der Waals surface area contributed by atoms with Crippen LogP contribution >= 0.6 is 0 Å². The van der Waals surface area contributed by atoms with Crippen LogP contribution in [0.3, 0.4) is 0 Å². The fourth-order valence-corrected chi connectivity index (χ4v) is 1.59. The molecule has 0 fully saturated rings. The van der Waals surface area contributed by atoms with Gasteiger partial charge in [-0.3, -0.25) is 0 Å². The lowest BCUT2D eigenvalue weighted by atomic mass is 10.1. The minimum Gasteiger partial charge on any atom is -0.492 e. The van der Waals surface area contributed by atoms with E-state index in [1.165, 1.54) is 16.7 Å². The third-order valence-electron chi connectivity index (χ3n) is 2.59. The molecule has 0 amide bonds. The molecular formula is C14H21NO. The van der Waals surface area contributed by atoms with Gasteiger partial charge in [0.2, 0.25) is 0 Å². The van der Waals surface area contributed by atoms with Gasteiger partial charge in [0.15, 0.2) is 0 Å². The Hall–Kier alpha value is -1.28. The Bertz CT molecular complexity index is 358. The number of aryl methyl sites for hydroxylation is 2. The standard InChI is InChI=1S/C14H21NO/c1-5-6-15-7-8-16-14-10-11(2)9-12(3)13(14)4/h5,9-10,15H,1,6-8H2,2-4H3. The molecule has 16 heavy (non-hydrogen) atoms. The maximum Gasteiger partial charge on any atom is 0.122 e. The third kappa shape index (κ3) is 3.70. The molecule has 0 radical (unpaired) electrons. The maximum atomic E-state index is 5.75. The average Bonchev–Trinajstić information content (AvgIpc) is 2.24. The van der Waals surface area contributed by atoms with E-state index < -0.39 is 0 Å². The van der Waals surface area contributed by atoms with Crippen molar-refractivity contribution in [1.82, 2.24) is 5.32 Å². The Kier molecular flexibility index (Phi) is 5.06. The summed E-state index contributed by atoms with van der Waals surface area (Å²) in [4.78, 5) is 0. The maximum absolute atomic E-state index is 5.75. The first-order valence-electron chi connectivity index (χ1n) is 5.67. The predicted octanol–water partition coefficient (Wildman–Crippen LogP) is 2.77. The number of rotatable bonds is 6. The molecule has 0 saturated heterocycles. The van der Waals surface area contributed by atoms with Crippen LogP contribution in [0.15, 0.2) is 24.8 Å². The SMILES string of the molecule is C=CCNCCOc1cc(C)cc(C)c1C. The highest BCUT2D eigenvalue weighted by molar-refractivity contribution is 5.41. The van der Waals surface area contributed by atoms with Crippen molar-refractivity contribution in [3.05, 3.63) is 41.5 Å². The number of ether oxygens (including phenoxy) is 1. The van der Waals surface area contributed by atoms with E-state index in [-0.39, 0.29) is 0 Å². The minimum atomic E-state index is 0.692. The molecule has 0 aliphatic carbocycles. The molecule has 1 aromatic rings. The number of benzene rings is 1. The van der Waals surface area contributed by atoms with Crippen LogP contribution in [0.5, 0.6) is 5.75 Å². The average molecular weight is 219 g/mol. The van der Waals surface area contributed by atoms with Gasteiger partial charge in [0.1, 0.15) is 12.4 Å². The zero-order chi connectivity index (χ0) is 12.0. The first-order valence-corrected chi connectivity index (χ1v) is 5.67. The lowest BCUT2D eigenvalue weighted by Gasteiger charge is -2.12. The molecule has 0 bridgehead atoms. The Morgan fingerprint density at radius 2 is 2.06 bits per heavy atom. The summed E-state index contributed by atoms with van der Waals surface area (Å²) in [6.07, 6.45) is 1.85. The summed E-state index contributed by atoms with van der Waals surface area (Å²) in [6, 6.07) is 4.27. The summed E-state index contributed by atoms with van der Waals surface area (Å²) >= 11 is 0. The Morgan fingerprint density at radius 3 is 2.75 bits per heavy atom. The van der Waals surface area contributed by atoms with E-state index in [0.717, 1.165) is 18.8 Å². The molecule has 2 heteroatoms. The highest BCUT2D eigenvalue weighted by Crippen LogP contribution is 2.22. The molecule has 0 heterocycles. The summed E-state index contributed by atoms with van der Waals surface area (Å²) in [5.74, 6) is 0.998. The molecule has 0 aromatic heterocycles. The van der Waals surface area contributed by atoms with Gasteiger partial charge >= 0.3 is 0 Å². The van der Waals surface area contributed by atoms with Crippen LogP contribution < -0.4 is 10.1 Å². The molecule has 2 nitrogen and oxygen atoms in total. The van der Waals surface area contributed by atoms with E-state index in [0.29, 0.717) is 6.61 Å². The van der Waals surface area contributed by atoms with Gasteiger partial charge in [-0.05, 0) is 43.5 Å². The minimum absolute atomic E-state index is 0.692. The molecule has 0 saturated carbocycles. The molecule has 0 spiro atoms. The summed E-state index contributed by atoms with van der Waals surface area (Å²) < 4.78 is 5.75. The van der Waals surface area contributed by atoms with Crippen LogP contribution in [0.1, 0.15) is 16.7 Å². The quantitative estimate of drug-likeness (QED) is 0.587. The van der Waals surface area contributed by atoms with Crippen molar-refractivity contribution in [3.63, 3.8) is 0 Å². The molecular weight excluding hydrogens is 198 g/mol. The van der Waals surface area contributed by atoms with Crippen LogP contribution in [-0.4, -0.2) is 19.7 Å². The highest BCUT2D eigenvalue weighted by Gasteiger charge is 2.03. The summed E-state index contributed by atoms with van der Waals surface area (Å²) in [7, 11) is 0. The second-order valence-corrected chi connectivity index (χ2v) is 4.05. The molecule has 1 rings (SSSR count). The van der Waals surface area contributed by atoms with Gasteiger partial charge in [-0.1, -0.05) is 12.1 Å². The molecule has 1 N–H and O–H groups in total. The van der Waals surface area contributed by atoms with Gasteiger partial charge in [-0.2, -0.15) is 0 Å². The van der Waals surface area contributed by atoms with E-state index in [4.69, 9.17) is 4.74 Å². The van der Waals surface area contributed by atoms with Crippen LogP contribution in [0.4, 0.5) is 0 Å². The van der Waals surface area contributed by atoms with E-state index in [2.05, 4.69) is 44.8 Å². The fourth-order valence-electron chi connectivity index (χ4n) is 1.59. The van der Waals surface area contributed by atoms with E-state index in [1.807, 2.05) is 6.08 Å². The van der Waals surface area contributed by atoms with Crippen molar-refractivity contribution in [1.29, 1.82) is 0 Å². The summed E-state index contributed by atoms with van der Waals surface area (Å²) in [5.41, 5.74) is 3.76. The Morgan fingerprint density at radius 1 is 1.31 bits per heavy atom. The molecule has 0 unspecified atom stereocenters. The first-order chi connectivity index (χ1) is 7.65. The zero-order valence-electron chi connectivity index (χ0n) is 10.5. The third-order valence-corrected chi connectivity index (χ3v) is 2.59. The summed E-state index contributed by atoms with van der Waals surface area (Å²) in [5, 5.41) is 3.21. The van der Waals surface area contributed by atoms with Crippen LogP contribution in [0.25, 0.3) is 0 Å². The predicted molar refractivity (Wildman–Crippen MR) is 69.2 cm³/mol. The van der Waals surface area contributed by atoms with Crippen LogP contribution in [-0.2, 0) is 0 Å². The smallest absolute Gasteiger partial charge is 0.122 e. The van der Waals surface area contributed by atoms with Crippen molar-refractivity contribution in [2.24, 2.45) is 0 Å². The van der Waals surface area contributed by atoms with Gasteiger partial charge in [0.25, 0.3) is 0 Å². The van der Waals surface area contributed by atoms with Crippen LogP contribution in [0.2, 0.25) is 0 Å².